The first kappa shape index (κ1) is 12.4. The van der Waals surface area contributed by atoms with E-state index in [0.717, 1.165) is 11.8 Å². The lowest BCUT2D eigenvalue weighted by Crippen LogP contribution is -2.30. The molecular formula is C9H8N4O4S. The number of hydrogen-bond acceptors (Lipinski definition) is 7. The number of carboxylic acid groups (broad SMARTS) is 2. The van der Waals surface area contributed by atoms with Crippen LogP contribution in [-0.2, 0) is 9.59 Å². The van der Waals surface area contributed by atoms with Gasteiger partial charge in [-0.2, -0.15) is 0 Å². The van der Waals surface area contributed by atoms with Crippen LogP contribution in [0.4, 0.5) is 0 Å². The highest BCUT2D eigenvalue weighted by molar-refractivity contribution is 8.15. The van der Waals surface area contributed by atoms with Crippen molar-refractivity contribution in [2.75, 3.05) is 0 Å². The summed E-state index contributed by atoms with van der Waals surface area (Å²) in [5, 5.41) is 16.9. The molecule has 2 aliphatic rings. The summed E-state index contributed by atoms with van der Waals surface area (Å²) in [6.45, 7) is 0. The van der Waals surface area contributed by atoms with E-state index in [1.807, 2.05) is 0 Å². The molecular weight excluding hydrogens is 260 g/mol. The van der Waals surface area contributed by atoms with E-state index in [1.54, 1.807) is 0 Å². The third-order valence-electron chi connectivity index (χ3n) is 2.16. The van der Waals surface area contributed by atoms with E-state index >= 15 is 0 Å². The standard InChI is InChI=1S/C9H8N4O4S/c14-5(15)1-4(9(16)17)18-8-6-7(11-2-10-6)12-3-13-8/h2-4,6H,1H2,(H,14,15)(H,16,17). The molecule has 2 atom stereocenters. The Bertz CT molecular complexity index is 511. The van der Waals surface area contributed by atoms with Gasteiger partial charge in [-0.05, 0) is 0 Å². The fourth-order valence-corrected chi connectivity index (χ4v) is 2.39. The average molecular weight is 268 g/mol. The first-order chi connectivity index (χ1) is 8.58. The number of aliphatic imine (C=N–C) groups is 4. The van der Waals surface area contributed by atoms with Crippen molar-refractivity contribution in [1.82, 2.24) is 0 Å². The van der Waals surface area contributed by atoms with Gasteiger partial charge in [0, 0.05) is 0 Å². The van der Waals surface area contributed by atoms with Gasteiger partial charge in [-0.25, -0.2) is 15.0 Å². The molecule has 0 aromatic heterocycles. The van der Waals surface area contributed by atoms with Gasteiger partial charge in [-0.15, -0.1) is 0 Å². The number of rotatable bonds is 4. The van der Waals surface area contributed by atoms with Crippen molar-refractivity contribution in [3.8, 4) is 0 Å². The zero-order chi connectivity index (χ0) is 13.1. The number of nitrogens with zero attached hydrogens (tertiary/aromatic N) is 4. The maximum absolute atomic E-state index is 11.0. The van der Waals surface area contributed by atoms with Crippen molar-refractivity contribution in [1.29, 1.82) is 0 Å². The van der Waals surface area contributed by atoms with Crippen LogP contribution in [0.1, 0.15) is 6.42 Å². The van der Waals surface area contributed by atoms with Crippen molar-refractivity contribution in [2.24, 2.45) is 20.0 Å². The summed E-state index contributed by atoms with van der Waals surface area (Å²) >= 11 is 0.862. The van der Waals surface area contributed by atoms with Gasteiger partial charge in [0.25, 0.3) is 0 Å². The van der Waals surface area contributed by atoms with Crippen molar-refractivity contribution in [3.05, 3.63) is 0 Å². The Kier molecular flexibility index (Phi) is 3.51. The first-order valence-corrected chi connectivity index (χ1v) is 5.76. The van der Waals surface area contributed by atoms with Gasteiger partial charge >= 0.3 is 11.9 Å². The first-order valence-electron chi connectivity index (χ1n) is 4.88. The molecule has 2 aliphatic heterocycles. The SMILES string of the molecule is O=C(O)CC(SC1=NC=NC2=NC=NC21)C(=O)O. The summed E-state index contributed by atoms with van der Waals surface area (Å²) < 4.78 is 0. The molecule has 2 N–H and O–H groups in total. The molecule has 2 heterocycles. The lowest BCUT2D eigenvalue weighted by Gasteiger charge is -2.16. The molecule has 94 valence electrons. The van der Waals surface area contributed by atoms with Crippen LogP contribution in [0.25, 0.3) is 0 Å². The maximum Gasteiger partial charge on any atom is 0.317 e. The molecule has 0 spiro atoms. The van der Waals surface area contributed by atoms with Gasteiger partial charge in [-0.3, -0.25) is 14.6 Å². The number of carboxylic acids is 2. The molecule has 0 fully saturated rings. The van der Waals surface area contributed by atoms with Crippen LogP contribution in [0.3, 0.4) is 0 Å². The highest BCUT2D eigenvalue weighted by atomic mass is 32.2. The molecule has 0 saturated heterocycles. The van der Waals surface area contributed by atoms with Gasteiger partial charge in [0.15, 0.2) is 11.9 Å². The van der Waals surface area contributed by atoms with E-state index in [2.05, 4.69) is 20.0 Å². The van der Waals surface area contributed by atoms with Crippen LogP contribution in [0.15, 0.2) is 20.0 Å². The molecule has 0 radical (unpaired) electrons. The zero-order valence-electron chi connectivity index (χ0n) is 8.92. The van der Waals surface area contributed by atoms with E-state index in [4.69, 9.17) is 10.2 Å². The van der Waals surface area contributed by atoms with Crippen LogP contribution in [0, 0.1) is 0 Å². The average Bonchev–Trinajstić information content (AvgIpc) is 2.76. The Morgan fingerprint density at radius 3 is 2.78 bits per heavy atom. The number of carbonyl (C=O) groups is 2. The van der Waals surface area contributed by atoms with Crippen molar-refractivity contribution in [2.45, 2.75) is 17.7 Å². The Balaban J connectivity index is 2.12. The molecule has 8 nitrogen and oxygen atoms in total. The van der Waals surface area contributed by atoms with E-state index < -0.39 is 29.7 Å². The topological polar surface area (TPSA) is 124 Å². The Morgan fingerprint density at radius 2 is 2.11 bits per heavy atom. The zero-order valence-corrected chi connectivity index (χ0v) is 9.74. The molecule has 18 heavy (non-hydrogen) atoms. The molecule has 0 bridgehead atoms. The number of amidine groups is 1. The Hall–Kier alpha value is -2.03. The summed E-state index contributed by atoms with van der Waals surface area (Å²) in [4.78, 5) is 37.3. The third kappa shape index (κ3) is 2.62. The third-order valence-corrected chi connectivity index (χ3v) is 3.38. The van der Waals surface area contributed by atoms with Crippen molar-refractivity contribution in [3.63, 3.8) is 0 Å². The maximum atomic E-state index is 11.0. The van der Waals surface area contributed by atoms with Crippen LogP contribution in [-0.4, -0.2) is 57.0 Å². The number of aliphatic carboxylic acids is 2. The Morgan fingerprint density at radius 1 is 1.33 bits per heavy atom. The number of hydrogen-bond donors (Lipinski definition) is 2. The fraction of sp³-hybridized carbons (Fsp3) is 0.333. The van der Waals surface area contributed by atoms with E-state index in [-0.39, 0.29) is 0 Å². The van der Waals surface area contributed by atoms with Gasteiger partial charge in [0.1, 0.15) is 23.0 Å². The van der Waals surface area contributed by atoms with Crippen LogP contribution in [0.2, 0.25) is 0 Å². The second-order valence-corrected chi connectivity index (χ2v) is 4.63. The minimum atomic E-state index is -1.20. The van der Waals surface area contributed by atoms with Gasteiger partial charge in [-0.1, -0.05) is 11.8 Å². The minimum absolute atomic E-state index is 0.395. The summed E-state index contributed by atoms with van der Waals surface area (Å²) in [6.07, 6.45) is 2.09. The van der Waals surface area contributed by atoms with Gasteiger partial charge < -0.3 is 10.2 Å². The molecule has 2 rings (SSSR count). The predicted molar refractivity (Wildman–Crippen MR) is 66.9 cm³/mol. The highest BCUT2D eigenvalue weighted by Gasteiger charge is 2.32. The molecule has 9 heteroatoms. The summed E-state index contributed by atoms with van der Waals surface area (Å²) in [5.41, 5.74) is 0. The van der Waals surface area contributed by atoms with E-state index in [9.17, 15) is 9.59 Å². The lowest BCUT2D eigenvalue weighted by atomic mass is 10.3. The second-order valence-electron chi connectivity index (χ2n) is 3.41. The summed E-state index contributed by atoms with van der Waals surface area (Å²) in [7, 11) is 0. The number of fused-ring (bicyclic) bond motifs is 1. The molecule has 2 unspecified atom stereocenters. The Labute approximate surface area is 105 Å². The highest BCUT2D eigenvalue weighted by Crippen LogP contribution is 2.24. The smallest absolute Gasteiger partial charge is 0.317 e. The van der Waals surface area contributed by atoms with Crippen LogP contribution >= 0.6 is 11.8 Å². The number of thioether (sulfide) groups is 1. The normalized spacial score (nSPS) is 22.1. The summed E-state index contributed by atoms with van der Waals surface area (Å²) in [6, 6.07) is -0.504. The van der Waals surface area contributed by atoms with Gasteiger partial charge in [0.05, 0.1) is 6.42 Å². The van der Waals surface area contributed by atoms with E-state index in [1.165, 1.54) is 12.7 Å². The predicted octanol–water partition coefficient (Wildman–Crippen LogP) is -0.103. The largest absolute Gasteiger partial charge is 0.481 e. The van der Waals surface area contributed by atoms with Crippen LogP contribution < -0.4 is 0 Å². The lowest BCUT2D eigenvalue weighted by molar-refractivity contribution is -0.142. The van der Waals surface area contributed by atoms with Gasteiger partial charge in [0.2, 0.25) is 0 Å². The fourth-order valence-electron chi connectivity index (χ4n) is 1.37. The monoisotopic (exact) mass is 268 g/mol. The molecule has 0 aromatic rings. The van der Waals surface area contributed by atoms with Crippen molar-refractivity contribution < 1.29 is 19.8 Å². The van der Waals surface area contributed by atoms with Crippen molar-refractivity contribution >= 4 is 47.3 Å². The molecule has 0 aliphatic carbocycles. The molecule has 0 aromatic carbocycles. The van der Waals surface area contributed by atoms with Crippen LogP contribution in [0.5, 0.6) is 0 Å². The molecule has 0 saturated carbocycles. The minimum Gasteiger partial charge on any atom is -0.481 e. The molecule has 0 amide bonds. The quantitative estimate of drug-likeness (QED) is 0.736. The second kappa shape index (κ2) is 5.08. The summed E-state index contributed by atoms with van der Waals surface area (Å²) in [5.74, 6) is -1.94. The van der Waals surface area contributed by atoms with E-state index in [0.29, 0.717) is 10.9 Å².